The van der Waals surface area contributed by atoms with Crippen molar-refractivity contribution in [3.63, 3.8) is 0 Å². The van der Waals surface area contributed by atoms with Crippen molar-refractivity contribution in [2.75, 3.05) is 0 Å². The van der Waals surface area contributed by atoms with E-state index in [-0.39, 0.29) is 0 Å². The Morgan fingerprint density at radius 1 is 1.28 bits per heavy atom. The number of aromatic nitrogens is 2. The van der Waals surface area contributed by atoms with E-state index in [4.69, 9.17) is 0 Å². The zero-order valence-electron chi connectivity index (χ0n) is 9.84. The zero-order chi connectivity index (χ0) is 13.1. The molecule has 1 aromatic heterocycles. The minimum atomic E-state index is -0.639. The van der Waals surface area contributed by atoms with Crippen molar-refractivity contribution in [3.8, 4) is 0 Å². The van der Waals surface area contributed by atoms with Crippen LogP contribution in [0.2, 0.25) is 0 Å². The average molecular weight is 311 g/mol. The molecular weight excluding hydrogens is 298 g/mol. The molecule has 0 aliphatic heterocycles. The Morgan fingerprint density at radius 3 is 2.72 bits per heavy atom. The standard InChI is InChI=1S/C12H13BrN3O2/c1-2-3-14-6-7-4-8(13)5-9-10(7)16-12(18)11(17)15-9/h3-5,14H,2,6H2,1H3,(H,15,17)(H,16,18). The van der Waals surface area contributed by atoms with Crippen LogP contribution in [0.3, 0.4) is 0 Å². The van der Waals surface area contributed by atoms with E-state index in [0.717, 1.165) is 16.5 Å². The van der Waals surface area contributed by atoms with Crippen molar-refractivity contribution in [3.05, 3.63) is 49.4 Å². The Hall–Kier alpha value is -1.40. The first-order chi connectivity index (χ1) is 8.61. The second-order valence-electron chi connectivity index (χ2n) is 3.89. The summed E-state index contributed by atoms with van der Waals surface area (Å²) in [4.78, 5) is 27.8. The fraction of sp³-hybridized carbons (Fsp3) is 0.250. The van der Waals surface area contributed by atoms with Gasteiger partial charge in [-0.3, -0.25) is 9.59 Å². The smallest absolute Gasteiger partial charge is 0.314 e. The van der Waals surface area contributed by atoms with Crippen molar-refractivity contribution in [1.82, 2.24) is 15.3 Å². The van der Waals surface area contributed by atoms with Crippen LogP contribution in [0.25, 0.3) is 11.0 Å². The molecular formula is C12H13BrN3O2. The van der Waals surface area contributed by atoms with Crippen LogP contribution < -0.4 is 16.4 Å². The molecule has 0 fully saturated rings. The van der Waals surface area contributed by atoms with E-state index in [1.807, 2.05) is 19.5 Å². The summed E-state index contributed by atoms with van der Waals surface area (Å²) in [6.07, 6.45) is 0.916. The number of fused-ring (bicyclic) bond motifs is 1. The lowest BCUT2D eigenvalue weighted by Crippen LogP contribution is -2.29. The van der Waals surface area contributed by atoms with Gasteiger partial charge in [0.05, 0.1) is 11.0 Å². The van der Waals surface area contributed by atoms with Crippen molar-refractivity contribution < 1.29 is 0 Å². The van der Waals surface area contributed by atoms with E-state index < -0.39 is 11.1 Å². The van der Waals surface area contributed by atoms with Crippen LogP contribution in [0.5, 0.6) is 0 Å². The van der Waals surface area contributed by atoms with E-state index in [1.165, 1.54) is 0 Å². The number of halogens is 1. The lowest BCUT2D eigenvalue weighted by molar-refractivity contribution is 0.766. The van der Waals surface area contributed by atoms with Gasteiger partial charge in [-0.25, -0.2) is 0 Å². The number of rotatable bonds is 4. The van der Waals surface area contributed by atoms with Crippen molar-refractivity contribution >= 4 is 27.0 Å². The Morgan fingerprint density at radius 2 is 2.00 bits per heavy atom. The van der Waals surface area contributed by atoms with Crippen LogP contribution in [0.1, 0.15) is 18.9 Å². The van der Waals surface area contributed by atoms with E-state index >= 15 is 0 Å². The van der Waals surface area contributed by atoms with Gasteiger partial charge in [-0.05, 0) is 24.1 Å². The highest BCUT2D eigenvalue weighted by Gasteiger charge is 2.06. The molecule has 0 spiro atoms. The van der Waals surface area contributed by atoms with Crippen LogP contribution in [-0.2, 0) is 6.54 Å². The van der Waals surface area contributed by atoms with Crippen LogP contribution in [0, 0.1) is 6.54 Å². The average Bonchev–Trinajstić information content (AvgIpc) is 2.32. The van der Waals surface area contributed by atoms with Gasteiger partial charge < -0.3 is 15.3 Å². The van der Waals surface area contributed by atoms with Crippen LogP contribution >= 0.6 is 15.9 Å². The summed E-state index contributed by atoms with van der Waals surface area (Å²) >= 11 is 3.38. The maximum atomic E-state index is 11.4. The Balaban J connectivity index is 2.53. The van der Waals surface area contributed by atoms with Gasteiger partial charge in [-0.2, -0.15) is 0 Å². The minimum absolute atomic E-state index is 0.589. The van der Waals surface area contributed by atoms with Crippen molar-refractivity contribution in [2.24, 2.45) is 0 Å². The minimum Gasteiger partial charge on any atom is -0.316 e. The molecule has 1 radical (unpaired) electrons. The molecule has 0 aliphatic rings. The number of benzene rings is 1. The number of hydrogen-bond donors (Lipinski definition) is 3. The fourth-order valence-electron chi connectivity index (χ4n) is 1.72. The second kappa shape index (κ2) is 5.49. The fourth-order valence-corrected chi connectivity index (χ4v) is 2.23. The summed E-state index contributed by atoms with van der Waals surface area (Å²) in [5, 5.41) is 3.14. The molecule has 1 aromatic carbocycles. The molecule has 2 rings (SSSR count). The van der Waals surface area contributed by atoms with Crippen molar-refractivity contribution in [1.29, 1.82) is 0 Å². The Labute approximate surface area is 112 Å². The largest absolute Gasteiger partial charge is 0.316 e. The van der Waals surface area contributed by atoms with Gasteiger partial charge in [0.25, 0.3) is 0 Å². The maximum Gasteiger partial charge on any atom is 0.314 e. The molecule has 0 saturated carbocycles. The Bertz CT molecular complexity index is 675. The van der Waals surface area contributed by atoms with Gasteiger partial charge in [0.1, 0.15) is 0 Å². The Kier molecular flexibility index (Phi) is 3.98. The highest BCUT2D eigenvalue weighted by molar-refractivity contribution is 9.10. The molecule has 0 bridgehead atoms. The van der Waals surface area contributed by atoms with E-state index in [0.29, 0.717) is 17.6 Å². The molecule has 1 heterocycles. The lowest BCUT2D eigenvalue weighted by atomic mass is 10.1. The van der Waals surface area contributed by atoms with E-state index in [9.17, 15) is 9.59 Å². The molecule has 0 amide bonds. The van der Waals surface area contributed by atoms with E-state index in [1.54, 1.807) is 6.07 Å². The number of nitrogens with one attached hydrogen (secondary N) is 3. The molecule has 95 valence electrons. The zero-order valence-corrected chi connectivity index (χ0v) is 11.4. The summed E-state index contributed by atoms with van der Waals surface area (Å²) in [5.41, 5.74) is 0.907. The topological polar surface area (TPSA) is 77.8 Å². The summed E-state index contributed by atoms with van der Waals surface area (Å²) in [5.74, 6) is 0. The van der Waals surface area contributed by atoms with Gasteiger partial charge in [0, 0.05) is 17.6 Å². The SMILES string of the molecule is CC[CH]NCc1cc(Br)cc2[nH]c(=O)c(=O)[nH]c12. The second-order valence-corrected chi connectivity index (χ2v) is 4.80. The first kappa shape index (κ1) is 13.0. The lowest BCUT2D eigenvalue weighted by Gasteiger charge is -2.08. The monoisotopic (exact) mass is 310 g/mol. The number of hydrogen-bond acceptors (Lipinski definition) is 3. The third-order valence-corrected chi connectivity index (χ3v) is 2.98. The van der Waals surface area contributed by atoms with Gasteiger partial charge in [0.2, 0.25) is 0 Å². The van der Waals surface area contributed by atoms with Gasteiger partial charge in [-0.15, -0.1) is 0 Å². The molecule has 3 N–H and O–H groups in total. The van der Waals surface area contributed by atoms with Crippen LogP contribution in [0.4, 0.5) is 0 Å². The van der Waals surface area contributed by atoms with Crippen LogP contribution in [-0.4, -0.2) is 9.97 Å². The molecule has 18 heavy (non-hydrogen) atoms. The molecule has 2 aromatic rings. The highest BCUT2D eigenvalue weighted by Crippen LogP contribution is 2.20. The predicted octanol–water partition coefficient (Wildman–Crippen LogP) is 1.64. The maximum absolute atomic E-state index is 11.4. The van der Waals surface area contributed by atoms with Gasteiger partial charge in [-0.1, -0.05) is 22.9 Å². The molecule has 0 aliphatic carbocycles. The predicted molar refractivity (Wildman–Crippen MR) is 74.3 cm³/mol. The summed E-state index contributed by atoms with van der Waals surface area (Å²) in [7, 11) is 0. The van der Waals surface area contributed by atoms with E-state index in [2.05, 4.69) is 31.2 Å². The van der Waals surface area contributed by atoms with Crippen molar-refractivity contribution in [2.45, 2.75) is 19.9 Å². The quantitative estimate of drug-likeness (QED) is 0.593. The highest BCUT2D eigenvalue weighted by atomic mass is 79.9. The first-order valence-corrected chi connectivity index (χ1v) is 6.41. The summed E-state index contributed by atoms with van der Waals surface area (Å²) in [6, 6.07) is 3.67. The number of aromatic amines is 2. The number of H-pyrrole nitrogens is 2. The third-order valence-electron chi connectivity index (χ3n) is 2.52. The molecule has 0 unspecified atom stereocenters. The molecule has 5 nitrogen and oxygen atoms in total. The van der Waals surface area contributed by atoms with Gasteiger partial charge in [0.15, 0.2) is 0 Å². The molecule has 0 atom stereocenters. The first-order valence-electron chi connectivity index (χ1n) is 5.61. The summed E-state index contributed by atoms with van der Waals surface area (Å²) < 4.78 is 0.853. The molecule has 6 heteroatoms. The molecule has 0 saturated heterocycles. The normalized spacial score (nSPS) is 11.0. The van der Waals surface area contributed by atoms with Gasteiger partial charge >= 0.3 is 11.1 Å². The summed E-state index contributed by atoms with van der Waals surface area (Å²) in [6.45, 7) is 4.56. The third kappa shape index (κ3) is 2.70. The van der Waals surface area contributed by atoms with Crippen LogP contribution in [0.15, 0.2) is 26.2 Å².